The van der Waals surface area contributed by atoms with E-state index in [1.165, 1.54) is 5.56 Å². The van der Waals surface area contributed by atoms with Crippen LogP contribution < -0.4 is 0 Å². The Balaban J connectivity index is 2.09. The van der Waals surface area contributed by atoms with Gasteiger partial charge in [-0.2, -0.15) is 0 Å². The average Bonchev–Trinajstić information content (AvgIpc) is 2.47. The van der Waals surface area contributed by atoms with Crippen LogP contribution in [0.1, 0.15) is 25.8 Å². The van der Waals surface area contributed by atoms with Gasteiger partial charge in [0.1, 0.15) is 0 Å². The SMILES string of the molecule is CC1CC(C)N(Cc2ccccc2)C1=O. The van der Waals surface area contributed by atoms with Crippen molar-refractivity contribution in [1.29, 1.82) is 0 Å². The van der Waals surface area contributed by atoms with Crippen molar-refractivity contribution in [3.63, 3.8) is 0 Å². The van der Waals surface area contributed by atoms with E-state index in [1.54, 1.807) is 0 Å². The maximum atomic E-state index is 11.8. The van der Waals surface area contributed by atoms with E-state index < -0.39 is 0 Å². The highest BCUT2D eigenvalue weighted by Crippen LogP contribution is 2.25. The largest absolute Gasteiger partial charge is 0.335 e. The molecule has 1 aliphatic rings. The van der Waals surface area contributed by atoms with Crippen molar-refractivity contribution >= 4 is 5.91 Å². The van der Waals surface area contributed by atoms with Crippen molar-refractivity contribution < 1.29 is 4.79 Å². The van der Waals surface area contributed by atoms with Crippen molar-refractivity contribution in [2.75, 3.05) is 0 Å². The number of amides is 1. The van der Waals surface area contributed by atoms with Crippen LogP contribution >= 0.6 is 0 Å². The zero-order chi connectivity index (χ0) is 10.8. The molecule has 0 N–H and O–H groups in total. The predicted octanol–water partition coefficient (Wildman–Crippen LogP) is 2.44. The van der Waals surface area contributed by atoms with E-state index in [0.29, 0.717) is 11.9 Å². The molecule has 2 unspecified atom stereocenters. The molecule has 2 nitrogen and oxygen atoms in total. The zero-order valence-electron chi connectivity index (χ0n) is 9.31. The van der Waals surface area contributed by atoms with E-state index in [4.69, 9.17) is 0 Å². The minimum Gasteiger partial charge on any atom is -0.335 e. The molecule has 0 spiro atoms. The van der Waals surface area contributed by atoms with Crippen LogP contribution in [0.5, 0.6) is 0 Å². The van der Waals surface area contributed by atoms with Gasteiger partial charge in [0.2, 0.25) is 5.91 Å². The molecule has 15 heavy (non-hydrogen) atoms. The number of benzene rings is 1. The van der Waals surface area contributed by atoms with E-state index in [2.05, 4.69) is 19.1 Å². The van der Waals surface area contributed by atoms with Gasteiger partial charge in [-0.05, 0) is 18.9 Å². The average molecular weight is 203 g/mol. The number of carbonyl (C=O) groups excluding carboxylic acids is 1. The van der Waals surface area contributed by atoms with Gasteiger partial charge in [0.05, 0.1) is 0 Å². The number of hydrogen-bond donors (Lipinski definition) is 0. The summed E-state index contributed by atoms with van der Waals surface area (Å²) in [5.41, 5.74) is 1.21. The third kappa shape index (κ3) is 2.04. The lowest BCUT2D eigenvalue weighted by Gasteiger charge is -2.21. The molecule has 0 radical (unpaired) electrons. The Labute approximate surface area is 90.9 Å². The lowest BCUT2D eigenvalue weighted by atomic mass is 10.1. The first-order valence-corrected chi connectivity index (χ1v) is 5.53. The van der Waals surface area contributed by atoms with Crippen molar-refractivity contribution in [2.24, 2.45) is 5.92 Å². The molecular weight excluding hydrogens is 186 g/mol. The molecular formula is C13H17NO. The Morgan fingerprint density at radius 1 is 1.27 bits per heavy atom. The molecule has 2 atom stereocenters. The quantitative estimate of drug-likeness (QED) is 0.723. The fourth-order valence-corrected chi connectivity index (χ4v) is 2.25. The Morgan fingerprint density at radius 2 is 1.93 bits per heavy atom. The predicted molar refractivity (Wildman–Crippen MR) is 60.2 cm³/mol. The Hall–Kier alpha value is -1.31. The smallest absolute Gasteiger partial charge is 0.226 e. The highest BCUT2D eigenvalue weighted by molar-refractivity contribution is 5.81. The van der Waals surface area contributed by atoms with Crippen molar-refractivity contribution in [1.82, 2.24) is 4.90 Å². The Bertz CT molecular complexity index is 347. The highest BCUT2D eigenvalue weighted by atomic mass is 16.2. The van der Waals surface area contributed by atoms with E-state index in [1.807, 2.05) is 30.0 Å². The summed E-state index contributed by atoms with van der Waals surface area (Å²) in [7, 11) is 0. The molecule has 0 aliphatic carbocycles. The maximum absolute atomic E-state index is 11.8. The summed E-state index contributed by atoms with van der Waals surface area (Å²) >= 11 is 0. The summed E-state index contributed by atoms with van der Waals surface area (Å²) in [5.74, 6) is 0.495. The van der Waals surface area contributed by atoms with Crippen LogP contribution in [0.15, 0.2) is 30.3 Å². The van der Waals surface area contributed by atoms with Crippen LogP contribution in [-0.2, 0) is 11.3 Å². The molecule has 1 aromatic carbocycles. The van der Waals surface area contributed by atoms with Gasteiger partial charge in [0.15, 0.2) is 0 Å². The molecule has 0 bridgehead atoms. The summed E-state index contributed by atoms with van der Waals surface area (Å²) in [5, 5.41) is 0. The van der Waals surface area contributed by atoms with E-state index in [-0.39, 0.29) is 5.92 Å². The lowest BCUT2D eigenvalue weighted by molar-refractivity contribution is -0.132. The van der Waals surface area contributed by atoms with Crippen LogP contribution in [-0.4, -0.2) is 16.8 Å². The summed E-state index contributed by atoms with van der Waals surface area (Å²) < 4.78 is 0. The van der Waals surface area contributed by atoms with E-state index in [9.17, 15) is 4.79 Å². The molecule has 80 valence electrons. The molecule has 1 amide bonds. The number of rotatable bonds is 2. The Morgan fingerprint density at radius 3 is 2.47 bits per heavy atom. The van der Waals surface area contributed by atoms with Gasteiger partial charge in [0, 0.05) is 18.5 Å². The van der Waals surface area contributed by atoms with Crippen molar-refractivity contribution in [2.45, 2.75) is 32.9 Å². The minimum atomic E-state index is 0.198. The molecule has 1 saturated heterocycles. The monoisotopic (exact) mass is 203 g/mol. The molecule has 2 heteroatoms. The second-order valence-electron chi connectivity index (χ2n) is 4.44. The molecule has 0 aromatic heterocycles. The van der Waals surface area contributed by atoms with Gasteiger partial charge in [-0.15, -0.1) is 0 Å². The molecule has 1 fully saturated rings. The van der Waals surface area contributed by atoms with E-state index in [0.717, 1.165) is 13.0 Å². The molecule has 1 aliphatic heterocycles. The van der Waals surface area contributed by atoms with Gasteiger partial charge in [0.25, 0.3) is 0 Å². The summed E-state index contributed by atoms with van der Waals surface area (Å²) in [6, 6.07) is 10.6. The zero-order valence-corrected chi connectivity index (χ0v) is 9.31. The Kier molecular flexibility index (Phi) is 2.76. The summed E-state index contributed by atoms with van der Waals surface area (Å²) in [6.45, 7) is 4.90. The summed E-state index contributed by atoms with van der Waals surface area (Å²) in [4.78, 5) is 13.8. The topological polar surface area (TPSA) is 20.3 Å². The van der Waals surface area contributed by atoms with Gasteiger partial charge in [-0.25, -0.2) is 0 Å². The number of carbonyl (C=O) groups is 1. The van der Waals surface area contributed by atoms with Crippen LogP contribution in [0.3, 0.4) is 0 Å². The van der Waals surface area contributed by atoms with Gasteiger partial charge >= 0.3 is 0 Å². The lowest BCUT2D eigenvalue weighted by Crippen LogP contribution is -2.31. The van der Waals surface area contributed by atoms with Crippen LogP contribution in [0.2, 0.25) is 0 Å². The van der Waals surface area contributed by atoms with Crippen LogP contribution in [0, 0.1) is 5.92 Å². The normalized spacial score (nSPS) is 26.0. The highest BCUT2D eigenvalue weighted by Gasteiger charge is 2.33. The third-order valence-corrected chi connectivity index (χ3v) is 3.13. The van der Waals surface area contributed by atoms with Gasteiger partial charge < -0.3 is 4.90 Å². The fraction of sp³-hybridized carbons (Fsp3) is 0.462. The standard InChI is InChI=1S/C13H17NO/c1-10-8-11(2)14(13(10)15)9-12-6-4-3-5-7-12/h3-7,10-11H,8-9H2,1-2H3. The second-order valence-corrected chi connectivity index (χ2v) is 4.44. The van der Waals surface area contributed by atoms with Crippen molar-refractivity contribution in [3.8, 4) is 0 Å². The molecule has 1 aromatic rings. The minimum absolute atomic E-state index is 0.198. The molecule has 0 saturated carbocycles. The summed E-state index contributed by atoms with van der Waals surface area (Å²) in [6.07, 6.45) is 0.992. The molecule has 1 heterocycles. The van der Waals surface area contributed by atoms with Crippen LogP contribution in [0.25, 0.3) is 0 Å². The van der Waals surface area contributed by atoms with Gasteiger partial charge in [-0.1, -0.05) is 37.3 Å². The first-order valence-electron chi connectivity index (χ1n) is 5.53. The number of hydrogen-bond acceptors (Lipinski definition) is 1. The number of nitrogens with zero attached hydrogens (tertiary/aromatic N) is 1. The maximum Gasteiger partial charge on any atom is 0.226 e. The third-order valence-electron chi connectivity index (χ3n) is 3.13. The van der Waals surface area contributed by atoms with Crippen molar-refractivity contribution in [3.05, 3.63) is 35.9 Å². The molecule has 2 rings (SSSR count). The fourth-order valence-electron chi connectivity index (χ4n) is 2.25. The van der Waals surface area contributed by atoms with Crippen LogP contribution in [0.4, 0.5) is 0 Å². The second kappa shape index (κ2) is 4.05. The van der Waals surface area contributed by atoms with Gasteiger partial charge in [-0.3, -0.25) is 4.79 Å². The first-order chi connectivity index (χ1) is 7.18. The van der Waals surface area contributed by atoms with E-state index >= 15 is 0 Å². The number of likely N-dealkylation sites (tertiary alicyclic amines) is 1. The first kappa shape index (κ1) is 10.2.